The fourth-order valence-corrected chi connectivity index (χ4v) is 1.92. The van der Waals surface area contributed by atoms with E-state index >= 15 is 0 Å². The number of benzene rings is 1. The molecule has 112 valence electrons. The highest BCUT2D eigenvalue weighted by molar-refractivity contribution is 6.32. The van der Waals surface area contributed by atoms with E-state index in [4.69, 9.17) is 32.5 Å². The molecule has 7 nitrogen and oxygen atoms in total. The highest BCUT2D eigenvalue weighted by Crippen LogP contribution is 2.26. The fourth-order valence-electron chi connectivity index (χ4n) is 1.75. The van der Waals surface area contributed by atoms with Crippen molar-refractivity contribution in [3.63, 3.8) is 0 Å². The molecule has 1 aromatic heterocycles. The molecule has 5 N–H and O–H groups in total. The molecule has 0 saturated carbocycles. The topological polar surface area (TPSA) is 108 Å². The minimum Gasteiger partial charge on any atom is -0.497 e. The molecule has 0 aliphatic heterocycles. The summed E-state index contributed by atoms with van der Waals surface area (Å²) in [6, 6.07) is 5.53. The van der Waals surface area contributed by atoms with Crippen LogP contribution in [0, 0.1) is 0 Å². The average molecular weight is 310 g/mol. The highest BCUT2D eigenvalue weighted by Gasteiger charge is 2.09. The molecule has 8 heteroatoms. The van der Waals surface area contributed by atoms with Crippen molar-refractivity contribution >= 4 is 29.1 Å². The zero-order valence-corrected chi connectivity index (χ0v) is 12.4. The summed E-state index contributed by atoms with van der Waals surface area (Å²) in [5.74, 6) is 1.83. The van der Waals surface area contributed by atoms with Crippen LogP contribution < -0.4 is 26.3 Å². The Morgan fingerprint density at radius 3 is 2.29 bits per heavy atom. The van der Waals surface area contributed by atoms with Gasteiger partial charge in [-0.25, -0.2) is 0 Å². The van der Waals surface area contributed by atoms with Crippen molar-refractivity contribution in [2.24, 2.45) is 0 Å². The van der Waals surface area contributed by atoms with Crippen molar-refractivity contribution < 1.29 is 9.47 Å². The van der Waals surface area contributed by atoms with E-state index in [1.54, 1.807) is 20.3 Å². The van der Waals surface area contributed by atoms with E-state index in [1.807, 2.05) is 12.1 Å². The number of nitrogens with two attached hydrogens (primary N) is 2. The number of rotatable bonds is 5. The number of nitrogen functional groups attached to an aromatic ring is 2. The van der Waals surface area contributed by atoms with Crippen LogP contribution in [0.5, 0.6) is 11.5 Å². The van der Waals surface area contributed by atoms with E-state index in [0.717, 1.165) is 5.56 Å². The van der Waals surface area contributed by atoms with Gasteiger partial charge in [-0.3, -0.25) is 0 Å². The maximum Gasteiger partial charge on any atom is 0.223 e. The normalized spacial score (nSPS) is 10.2. The number of hydrogen-bond donors (Lipinski definition) is 3. The van der Waals surface area contributed by atoms with Crippen LogP contribution in [-0.2, 0) is 6.54 Å². The second-order valence-electron chi connectivity index (χ2n) is 4.21. The summed E-state index contributed by atoms with van der Waals surface area (Å²) in [6.45, 7) is 0.449. The summed E-state index contributed by atoms with van der Waals surface area (Å²) in [7, 11) is 3.18. The summed E-state index contributed by atoms with van der Waals surface area (Å²) in [5, 5.41) is 3.18. The second-order valence-corrected chi connectivity index (χ2v) is 4.57. The van der Waals surface area contributed by atoms with Crippen LogP contribution in [0.15, 0.2) is 18.2 Å². The summed E-state index contributed by atoms with van der Waals surface area (Å²) >= 11 is 5.86. The molecule has 0 fully saturated rings. The number of nitrogens with one attached hydrogen (secondary N) is 1. The predicted octanol–water partition coefficient (Wildman–Crippen LogP) is 1.92. The lowest BCUT2D eigenvalue weighted by atomic mass is 10.2. The van der Waals surface area contributed by atoms with Gasteiger partial charge in [0, 0.05) is 12.6 Å². The van der Waals surface area contributed by atoms with Crippen molar-refractivity contribution in [2.45, 2.75) is 6.54 Å². The minimum atomic E-state index is 0.0555. The average Bonchev–Trinajstić information content (AvgIpc) is 2.48. The van der Waals surface area contributed by atoms with Gasteiger partial charge in [-0.05, 0) is 17.7 Å². The number of methoxy groups -OCH3 is 2. The van der Waals surface area contributed by atoms with Gasteiger partial charge in [-0.15, -0.1) is 0 Å². The Balaban J connectivity index is 2.20. The van der Waals surface area contributed by atoms with Gasteiger partial charge >= 0.3 is 0 Å². The number of aromatic nitrogens is 2. The van der Waals surface area contributed by atoms with Crippen molar-refractivity contribution in [2.75, 3.05) is 31.0 Å². The second kappa shape index (κ2) is 6.36. The van der Waals surface area contributed by atoms with E-state index in [-0.39, 0.29) is 16.8 Å². The van der Waals surface area contributed by atoms with Crippen LogP contribution >= 0.6 is 11.6 Å². The van der Waals surface area contributed by atoms with Crippen molar-refractivity contribution in [3.8, 4) is 11.5 Å². The standard InChI is InChI=1S/C13H16ClN5O2/c1-20-8-3-7(4-9(5-8)21-2)6-17-12-10(15)11(14)18-13(16)19-12/h3-5H,6,15H2,1-2H3,(H3,16,17,18,19). The highest BCUT2D eigenvalue weighted by atomic mass is 35.5. The molecule has 0 spiro atoms. The third kappa shape index (κ3) is 3.57. The van der Waals surface area contributed by atoms with Crippen LogP contribution in [0.1, 0.15) is 5.56 Å². The number of nitrogens with zero attached hydrogens (tertiary/aromatic N) is 2. The molecule has 21 heavy (non-hydrogen) atoms. The van der Waals surface area contributed by atoms with Crippen LogP contribution in [0.25, 0.3) is 0 Å². The van der Waals surface area contributed by atoms with Gasteiger partial charge in [0.2, 0.25) is 5.95 Å². The smallest absolute Gasteiger partial charge is 0.223 e. The zero-order valence-electron chi connectivity index (χ0n) is 11.7. The Morgan fingerprint density at radius 2 is 1.71 bits per heavy atom. The summed E-state index contributed by atoms with van der Waals surface area (Å²) in [5.41, 5.74) is 12.5. The van der Waals surface area contributed by atoms with Crippen molar-refractivity contribution in [1.82, 2.24) is 9.97 Å². The third-order valence-electron chi connectivity index (χ3n) is 2.79. The lowest BCUT2D eigenvalue weighted by Crippen LogP contribution is -2.08. The molecule has 0 saturated heterocycles. The Morgan fingerprint density at radius 1 is 1.10 bits per heavy atom. The predicted molar refractivity (Wildman–Crippen MR) is 82.7 cm³/mol. The number of anilines is 3. The molecular weight excluding hydrogens is 294 g/mol. The van der Waals surface area contributed by atoms with Crippen LogP contribution in [0.4, 0.5) is 17.5 Å². The maximum atomic E-state index is 5.86. The summed E-state index contributed by atoms with van der Waals surface area (Å²) in [6.07, 6.45) is 0. The number of hydrogen-bond acceptors (Lipinski definition) is 7. The molecule has 1 aromatic carbocycles. The van der Waals surface area contributed by atoms with Crippen molar-refractivity contribution in [1.29, 1.82) is 0 Å². The Kier molecular flexibility index (Phi) is 4.54. The first-order chi connectivity index (χ1) is 10.0. The quantitative estimate of drug-likeness (QED) is 0.724. The molecule has 1 heterocycles. The lowest BCUT2D eigenvalue weighted by Gasteiger charge is -2.12. The summed E-state index contributed by atoms with van der Waals surface area (Å²) in [4.78, 5) is 7.79. The Hall–Kier alpha value is -2.41. The minimum absolute atomic E-state index is 0.0555. The summed E-state index contributed by atoms with van der Waals surface area (Å²) < 4.78 is 10.4. The van der Waals surface area contributed by atoms with Gasteiger partial charge < -0.3 is 26.3 Å². The monoisotopic (exact) mass is 309 g/mol. The Bertz CT molecular complexity index is 628. The lowest BCUT2D eigenvalue weighted by molar-refractivity contribution is 0.393. The van der Waals surface area contributed by atoms with Crippen molar-refractivity contribution in [3.05, 3.63) is 28.9 Å². The van der Waals surface area contributed by atoms with Gasteiger partial charge in [0.1, 0.15) is 17.2 Å². The molecule has 2 aromatic rings. The molecule has 0 aliphatic carbocycles. The van der Waals surface area contributed by atoms with Gasteiger partial charge in [-0.2, -0.15) is 9.97 Å². The van der Waals surface area contributed by atoms with Gasteiger partial charge in [0.15, 0.2) is 11.0 Å². The first kappa shape index (κ1) is 15.0. The molecule has 0 bridgehead atoms. The Labute approximate surface area is 127 Å². The molecule has 0 aliphatic rings. The van der Waals surface area contributed by atoms with E-state index in [9.17, 15) is 0 Å². The largest absolute Gasteiger partial charge is 0.497 e. The molecule has 0 radical (unpaired) electrons. The zero-order chi connectivity index (χ0) is 15.4. The molecule has 0 unspecified atom stereocenters. The van der Waals surface area contributed by atoms with E-state index in [2.05, 4.69) is 15.3 Å². The molecule has 0 atom stereocenters. The first-order valence-corrected chi connectivity index (χ1v) is 6.45. The van der Waals surface area contributed by atoms with Gasteiger partial charge in [-0.1, -0.05) is 11.6 Å². The van der Waals surface area contributed by atoms with Crippen LogP contribution in [0.3, 0.4) is 0 Å². The van der Waals surface area contributed by atoms with Crippen LogP contribution in [-0.4, -0.2) is 24.2 Å². The maximum absolute atomic E-state index is 5.86. The third-order valence-corrected chi connectivity index (χ3v) is 3.08. The number of ether oxygens (including phenoxy) is 2. The van der Waals surface area contributed by atoms with Gasteiger partial charge in [0.05, 0.1) is 14.2 Å². The fraction of sp³-hybridized carbons (Fsp3) is 0.231. The van der Waals surface area contributed by atoms with Gasteiger partial charge in [0.25, 0.3) is 0 Å². The first-order valence-electron chi connectivity index (χ1n) is 6.07. The molecule has 0 amide bonds. The SMILES string of the molecule is COc1cc(CNc2nc(N)nc(Cl)c2N)cc(OC)c1. The number of halogens is 1. The van der Waals surface area contributed by atoms with Crippen LogP contribution in [0.2, 0.25) is 5.15 Å². The molecular formula is C13H16ClN5O2. The van der Waals surface area contributed by atoms with E-state index in [0.29, 0.717) is 23.9 Å². The van der Waals surface area contributed by atoms with E-state index < -0.39 is 0 Å². The molecule has 2 rings (SSSR count). The van der Waals surface area contributed by atoms with E-state index in [1.165, 1.54) is 0 Å².